The van der Waals surface area contributed by atoms with Crippen LogP contribution < -0.4 is 5.19 Å². The Bertz CT molecular complexity index is 1500. The normalized spacial score (nSPS) is 34.0. The van der Waals surface area contributed by atoms with E-state index in [0.717, 1.165) is 23.7 Å². The summed E-state index contributed by atoms with van der Waals surface area (Å²) in [5, 5.41) is 4.24. The SMILES string of the molecule is C[SiH2][SiH2][SiH2][SiH2][SiH]([SiH2][SiH2]C)C1=CC2C(C=C1)C1c3ccccc3C2C2c3c(cccc3[SiH]([SiH2][SiH2][SiH2]C)[SiH2][SiH2][SiH2]C)C1C1C=CC=CC12. The molecule has 244 valence electrons. The minimum Gasteiger partial charge on any atom is -0.0819 e. The van der Waals surface area contributed by atoms with Crippen molar-refractivity contribution in [1.82, 2.24) is 0 Å². The maximum atomic E-state index is 3.13. The molecule has 0 radical (unpaired) electrons. The Morgan fingerprint density at radius 2 is 1.09 bits per heavy atom. The van der Waals surface area contributed by atoms with E-state index in [-0.39, 0.29) is 0 Å². The molecule has 0 spiro atoms. The van der Waals surface area contributed by atoms with E-state index in [4.69, 9.17) is 0 Å². The predicted octanol–water partition coefficient (Wildman–Crippen LogP) is -4.43. The van der Waals surface area contributed by atoms with E-state index in [9.17, 15) is 0 Å². The second kappa shape index (κ2) is 16.2. The molecular weight excluding hydrogens is 778 g/mol. The van der Waals surface area contributed by atoms with Crippen LogP contribution in [0.5, 0.6) is 0 Å². The lowest BCUT2D eigenvalue weighted by Crippen LogP contribution is -2.55. The quantitative estimate of drug-likeness (QED) is 0.133. The molecule has 14 heteroatoms. The van der Waals surface area contributed by atoms with Crippen LogP contribution in [0.4, 0.5) is 0 Å². The summed E-state index contributed by atoms with van der Waals surface area (Å²) in [5.74, 6) is 5.73. The highest BCUT2D eigenvalue weighted by molar-refractivity contribution is 7.71. The van der Waals surface area contributed by atoms with Crippen LogP contribution in [-0.2, 0) is 0 Å². The molecule has 1 saturated carbocycles. The molecule has 46 heavy (non-hydrogen) atoms. The van der Waals surface area contributed by atoms with Crippen LogP contribution in [-0.4, -0.2) is 120 Å². The fourth-order valence-corrected chi connectivity index (χ4v) is 341. The van der Waals surface area contributed by atoms with Gasteiger partial charge in [-0.3, -0.25) is 0 Å². The van der Waals surface area contributed by atoms with E-state index in [0.29, 0.717) is 128 Å². The van der Waals surface area contributed by atoms with E-state index in [1.807, 2.05) is 11.1 Å². The van der Waals surface area contributed by atoms with Gasteiger partial charge in [-0.05, 0) is 112 Å². The zero-order chi connectivity index (χ0) is 31.6. The van der Waals surface area contributed by atoms with Gasteiger partial charge in [0.1, 0.15) is 0 Å². The number of benzene rings is 2. The van der Waals surface area contributed by atoms with Crippen molar-refractivity contribution in [1.29, 1.82) is 0 Å². The first-order valence-corrected chi connectivity index (χ1v) is 71.6. The lowest BCUT2D eigenvalue weighted by atomic mass is 9.44. The molecule has 1 fully saturated rings. The summed E-state index contributed by atoms with van der Waals surface area (Å²) < 4.78 is 0. The summed E-state index contributed by atoms with van der Waals surface area (Å²) in [6.07, 6.45) is 19.3. The first-order valence-electron chi connectivity index (χ1n) is 19.7. The van der Waals surface area contributed by atoms with Gasteiger partial charge in [0.15, 0.2) is 0 Å². The van der Waals surface area contributed by atoms with Gasteiger partial charge in [0, 0.05) is 77.5 Å². The molecule has 8 aliphatic rings. The largest absolute Gasteiger partial charge is 0.0819 e. The van der Waals surface area contributed by atoms with Crippen LogP contribution in [0.15, 0.2) is 90.2 Å². The van der Waals surface area contributed by atoms with Crippen molar-refractivity contribution in [2.75, 3.05) is 0 Å². The number of hydrogen-bond acceptors (Lipinski definition) is 0. The first-order chi connectivity index (χ1) is 22.7. The van der Waals surface area contributed by atoms with Gasteiger partial charge < -0.3 is 0 Å². The standard InChI is InChI=1S/C32H60Si14/c1-33-37-40-44-45(41-36-4)19-16-17-24-26(18-19)30-21-11-6-5-10-20(21)28(24)29-22-12-7-8-13-23(22)32(30)31-25(29)14-9-15-27(31)46(42-38-34-2)43-39-35-3/h5-18,22-24,26,28-30,32,45-46H,33-44H2,1-4H3. The van der Waals surface area contributed by atoms with Gasteiger partial charge in [-0.2, -0.15) is 0 Å². The monoisotopic (exact) mass is 836 g/mol. The van der Waals surface area contributed by atoms with E-state index >= 15 is 0 Å². The van der Waals surface area contributed by atoms with E-state index in [1.54, 1.807) is 5.56 Å². The molecule has 4 bridgehead atoms. The zero-order valence-electron chi connectivity index (χ0n) is 29.3. The Balaban J connectivity index is 1.42. The van der Waals surface area contributed by atoms with Crippen molar-refractivity contribution in [2.45, 2.75) is 49.9 Å². The lowest BCUT2D eigenvalue weighted by Gasteiger charge is -2.60. The smallest absolute Gasteiger partial charge is 0.0397 e. The van der Waals surface area contributed by atoms with Crippen molar-refractivity contribution in [3.8, 4) is 0 Å². The summed E-state index contributed by atoms with van der Waals surface area (Å²) in [6.45, 7) is 10.7. The molecular formula is C32H60Si14. The van der Waals surface area contributed by atoms with Crippen molar-refractivity contribution in [3.63, 3.8) is 0 Å². The Morgan fingerprint density at radius 1 is 0.500 bits per heavy atom. The molecule has 0 aromatic heterocycles. The van der Waals surface area contributed by atoms with E-state index < -0.39 is 15.7 Å². The van der Waals surface area contributed by atoms with Gasteiger partial charge in [-0.15, -0.1) is 0 Å². The molecule has 0 heterocycles. The Kier molecular flexibility index (Phi) is 12.3. The van der Waals surface area contributed by atoms with E-state index in [1.165, 1.54) is 0 Å². The molecule has 0 aliphatic heterocycles. The summed E-state index contributed by atoms with van der Waals surface area (Å²) in [4.78, 5) is 0. The van der Waals surface area contributed by atoms with Crippen LogP contribution in [0.25, 0.3) is 0 Å². The molecule has 9 unspecified atom stereocenters. The summed E-state index contributed by atoms with van der Waals surface area (Å²) in [6, 6.07) is 18.3. The molecule has 9 atom stereocenters. The molecule has 0 N–H and O–H groups in total. The highest BCUT2D eigenvalue weighted by Crippen LogP contribution is 2.68. The Hall–Kier alpha value is 0.436. The third kappa shape index (κ3) is 6.52. The maximum absolute atomic E-state index is 3.13. The molecule has 2 aromatic rings. The van der Waals surface area contributed by atoms with Crippen LogP contribution in [0.3, 0.4) is 0 Å². The Labute approximate surface area is 308 Å². The van der Waals surface area contributed by atoms with Crippen molar-refractivity contribution in [3.05, 3.63) is 112 Å². The highest BCUT2D eigenvalue weighted by atomic mass is 30.0. The molecule has 0 saturated heterocycles. The van der Waals surface area contributed by atoms with E-state index in [2.05, 4.69) is 127 Å². The molecule has 2 aromatic carbocycles. The maximum Gasteiger partial charge on any atom is 0.0397 e. The lowest BCUT2D eigenvalue weighted by molar-refractivity contribution is 0.137. The zero-order valence-corrected chi connectivity index (χ0v) is 48.6. The van der Waals surface area contributed by atoms with Gasteiger partial charge in [0.05, 0.1) is 0 Å². The molecule has 0 amide bonds. The van der Waals surface area contributed by atoms with Crippen molar-refractivity contribution in [2.24, 2.45) is 23.7 Å². The molecule has 10 rings (SSSR count). The second-order valence-electron chi connectivity index (χ2n) is 15.6. The third-order valence-electron chi connectivity index (χ3n) is 13.1. The minimum absolute atomic E-state index is 0.316. The highest BCUT2D eigenvalue weighted by Gasteiger charge is 2.58. The van der Waals surface area contributed by atoms with Crippen LogP contribution in [0.2, 0.25) is 26.2 Å². The predicted molar refractivity (Wildman–Crippen MR) is 253 cm³/mol. The average molecular weight is 838 g/mol. The summed E-state index contributed by atoms with van der Waals surface area (Å²) in [5.41, 5.74) is 7.55. The number of allylic oxidation sites excluding steroid dienone is 8. The van der Waals surface area contributed by atoms with Crippen LogP contribution in [0.1, 0.15) is 45.9 Å². The number of rotatable bonds is 14. The third-order valence-corrected chi connectivity index (χ3v) is 206. The summed E-state index contributed by atoms with van der Waals surface area (Å²) in [7, 11) is 3.67. The summed E-state index contributed by atoms with van der Waals surface area (Å²) >= 11 is 0. The Morgan fingerprint density at radius 3 is 1.76 bits per heavy atom. The minimum atomic E-state index is -0.578. The van der Waals surface area contributed by atoms with Gasteiger partial charge >= 0.3 is 0 Å². The van der Waals surface area contributed by atoms with Crippen LogP contribution >= 0.6 is 0 Å². The topological polar surface area (TPSA) is 0 Å². The fraction of sp³-hybridized carbons (Fsp3) is 0.375. The van der Waals surface area contributed by atoms with Crippen molar-refractivity contribution >= 4 is 125 Å². The molecule has 0 nitrogen and oxygen atoms in total. The fourth-order valence-electron chi connectivity index (χ4n) is 11.2. The number of hydrogen-bond donors (Lipinski definition) is 0. The molecule has 8 aliphatic carbocycles. The van der Waals surface area contributed by atoms with Crippen molar-refractivity contribution < 1.29 is 0 Å². The van der Waals surface area contributed by atoms with Gasteiger partial charge in [0.25, 0.3) is 0 Å². The first kappa shape index (κ1) is 34.9. The van der Waals surface area contributed by atoms with Gasteiger partial charge in [0.2, 0.25) is 0 Å². The van der Waals surface area contributed by atoms with Gasteiger partial charge in [-0.25, -0.2) is 0 Å². The van der Waals surface area contributed by atoms with Crippen LogP contribution in [0, 0.1) is 23.7 Å². The average Bonchev–Trinajstić information content (AvgIpc) is 3.08. The second-order valence-corrected chi connectivity index (χ2v) is 121. The van der Waals surface area contributed by atoms with Gasteiger partial charge in [-0.1, -0.05) is 122 Å².